The molecule has 0 saturated heterocycles. The molecule has 1 fully saturated rings. The van der Waals surface area contributed by atoms with Crippen molar-refractivity contribution in [2.75, 3.05) is 0 Å². The average molecular weight is 345 g/mol. The van der Waals surface area contributed by atoms with Gasteiger partial charge in [0.1, 0.15) is 0 Å². The number of amides is 1. The number of sulfonamides is 1. The first-order valence-corrected chi connectivity index (χ1v) is 8.89. The van der Waals surface area contributed by atoms with Gasteiger partial charge in [0, 0.05) is 18.8 Å². The van der Waals surface area contributed by atoms with Gasteiger partial charge in [-0.2, -0.15) is 0 Å². The average Bonchev–Trinajstić information content (AvgIpc) is 2.93. The summed E-state index contributed by atoms with van der Waals surface area (Å²) >= 11 is 0. The zero-order chi connectivity index (χ0) is 16.7. The van der Waals surface area contributed by atoms with Crippen LogP contribution in [0.5, 0.6) is 0 Å². The Morgan fingerprint density at radius 3 is 2.52 bits per heavy atom. The molecular weight excluding hydrogens is 328 g/mol. The molecule has 1 aliphatic heterocycles. The second-order valence-electron chi connectivity index (χ2n) is 6.02. The van der Waals surface area contributed by atoms with Crippen LogP contribution in [-0.2, 0) is 32.8 Å². The van der Waals surface area contributed by atoms with E-state index in [0.29, 0.717) is 13.2 Å². The number of fused-ring (bicyclic) bond motifs is 1. The van der Waals surface area contributed by atoms with Crippen molar-refractivity contribution in [3.05, 3.63) is 29.3 Å². The summed E-state index contributed by atoms with van der Waals surface area (Å²) in [6, 6.07) is 4.55. The topological polar surface area (TPSA) is 72.5 Å². The van der Waals surface area contributed by atoms with Crippen molar-refractivity contribution in [3.63, 3.8) is 0 Å². The quantitative estimate of drug-likeness (QED) is 0.913. The lowest BCUT2D eigenvalue weighted by atomic mass is 9.86. The van der Waals surface area contributed by atoms with Crippen LogP contribution >= 0.6 is 0 Å². The zero-order valence-corrected chi connectivity index (χ0v) is 13.2. The SMILES string of the molecule is O=C(NS(=O)(=O)c1ccc2c(c1)COC2)C1CCC(F)(F)CC1. The van der Waals surface area contributed by atoms with Crippen LogP contribution in [0.3, 0.4) is 0 Å². The molecule has 0 atom stereocenters. The Kier molecular flexibility index (Phi) is 4.14. The lowest BCUT2D eigenvalue weighted by molar-refractivity contribution is -0.127. The molecule has 1 aromatic rings. The Labute approximate surface area is 133 Å². The highest BCUT2D eigenvalue weighted by Crippen LogP contribution is 2.36. The van der Waals surface area contributed by atoms with E-state index in [1.807, 2.05) is 4.72 Å². The van der Waals surface area contributed by atoms with Gasteiger partial charge in [-0.1, -0.05) is 6.07 Å². The van der Waals surface area contributed by atoms with E-state index in [0.717, 1.165) is 11.1 Å². The van der Waals surface area contributed by atoms with E-state index in [9.17, 15) is 22.0 Å². The molecule has 8 heteroatoms. The standard InChI is InChI=1S/C15H17F2NO4S/c16-15(17)5-3-10(4-6-15)14(19)18-23(20,21)13-2-1-11-8-22-9-12(11)7-13/h1-2,7,10H,3-6,8-9H2,(H,18,19). The summed E-state index contributed by atoms with van der Waals surface area (Å²) in [5.74, 6) is -4.16. The third-order valence-corrected chi connectivity index (χ3v) is 5.67. The molecule has 23 heavy (non-hydrogen) atoms. The Morgan fingerprint density at radius 2 is 1.83 bits per heavy atom. The molecule has 0 bridgehead atoms. The molecule has 5 nitrogen and oxygen atoms in total. The van der Waals surface area contributed by atoms with E-state index in [-0.39, 0.29) is 30.6 Å². The smallest absolute Gasteiger partial charge is 0.264 e. The maximum atomic E-state index is 13.1. The van der Waals surface area contributed by atoms with E-state index in [4.69, 9.17) is 4.74 Å². The first kappa shape index (κ1) is 16.3. The summed E-state index contributed by atoms with van der Waals surface area (Å²) in [6.45, 7) is 0.780. The van der Waals surface area contributed by atoms with E-state index >= 15 is 0 Å². The molecule has 1 heterocycles. The number of ether oxygens (including phenoxy) is 1. The fourth-order valence-electron chi connectivity index (χ4n) is 2.89. The van der Waals surface area contributed by atoms with Gasteiger partial charge in [-0.25, -0.2) is 21.9 Å². The van der Waals surface area contributed by atoms with Gasteiger partial charge in [0.25, 0.3) is 10.0 Å². The van der Waals surface area contributed by atoms with Crippen LogP contribution in [0.15, 0.2) is 23.1 Å². The Morgan fingerprint density at radius 1 is 1.17 bits per heavy atom. The van der Waals surface area contributed by atoms with Crippen LogP contribution < -0.4 is 4.72 Å². The molecule has 0 radical (unpaired) electrons. The molecule has 0 aromatic heterocycles. The number of hydrogen-bond acceptors (Lipinski definition) is 4. The van der Waals surface area contributed by atoms with Crippen LogP contribution in [0, 0.1) is 5.92 Å². The summed E-state index contributed by atoms with van der Waals surface area (Å²) in [6.07, 6.45) is -0.790. The molecule has 3 rings (SSSR count). The second-order valence-corrected chi connectivity index (χ2v) is 7.71. The number of halogens is 2. The van der Waals surface area contributed by atoms with Crippen LogP contribution in [0.1, 0.15) is 36.8 Å². The van der Waals surface area contributed by atoms with Crippen LogP contribution in [0.2, 0.25) is 0 Å². The summed E-state index contributed by atoms with van der Waals surface area (Å²) in [4.78, 5) is 12.1. The summed E-state index contributed by atoms with van der Waals surface area (Å²) in [5, 5.41) is 0. The predicted octanol–water partition coefficient (Wildman–Crippen LogP) is 2.35. The van der Waals surface area contributed by atoms with E-state index in [1.165, 1.54) is 12.1 Å². The third-order valence-electron chi connectivity index (χ3n) is 4.33. The molecular formula is C15H17F2NO4S. The Hall–Kier alpha value is -1.54. The van der Waals surface area contributed by atoms with Crippen molar-refractivity contribution in [3.8, 4) is 0 Å². The van der Waals surface area contributed by atoms with Gasteiger partial charge in [-0.15, -0.1) is 0 Å². The van der Waals surface area contributed by atoms with E-state index in [1.54, 1.807) is 6.07 Å². The van der Waals surface area contributed by atoms with Gasteiger partial charge in [0.15, 0.2) is 0 Å². The van der Waals surface area contributed by atoms with Crippen LogP contribution in [0.4, 0.5) is 8.78 Å². The minimum absolute atomic E-state index is 0.00756. The Balaban J connectivity index is 1.70. The van der Waals surface area contributed by atoms with Gasteiger partial charge >= 0.3 is 0 Å². The van der Waals surface area contributed by atoms with Crippen molar-refractivity contribution in [1.82, 2.24) is 4.72 Å². The molecule has 2 aliphatic rings. The highest BCUT2D eigenvalue weighted by atomic mass is 32.2. The summed E-state index contributed by atoms with van der Waals surface area (Å²) < 4.78 is 58.0. The van der Waals surface area contributed by atoms with Gasteiger partial charge in [-0.3, -0.25) is 4.79 Å². The lowest BCUT2D eigenvalue weighted by Gasteiger charge is -2.27. The number of hydrogen-bond donors (Lipinski definition) is 1. The molecule has 0 spiro atoms. The monoisotopic (exact) mass is 345 g/mol. The van der Waals surface area contributed by atoms with Crippen molar-refractivity contribution in [1.29, 1.82) is 0 Å². The van der Waals surface area contributed by atoms with E-state index in [2.05, 4.69) is 0 Å². The summed E-state index contributed by atoms with van der Waals surface area (Å²) in [5.41, 5.74) is 1.70. The highest BCUT2D eigenvalue weighted by Gasteiger charge is 2.38. The van der Waals surface area contributed by atoms with Gasteiger partial charge in [-0.05, 0) is 36.1 Å². The molecule has 0 unspecified atom stereocenters. The number of nitrogens with one attached hydrogen (secondary N) is 1. The van der Waals surface area contributed by atoms with Crippen molar-refractivity contribution in [2.24, 2.45) is 5.92 Å². The third kappa shape index (κ3) is 3.53. The first-order chi connectivity index (χ1) is 10.8. The number of rotatable bonds is 3. The van der Waals surface area contributed by atoms with Gasteiger partial charge < -0.3 is 4.74 Å². The molecule has 1 amide bonds. The predicted molar refractivity (Wildman–Crippen MR) is 77.2 cm³/mol. The maximum Gasteiger partial charge on any atom is 0.264 e. The first-order valence-electron chi connectivity index (χ1n) is 7.41. The number of alkyl halides is 2. The highest BCUT2D eigenvalue weighted by molar-refractivity contribution is 7.90. The van der Waals surface area contributed by atoms with Gasteiger partial charge in [0.2, 0.25) is 11.8 Å². The minimum Gasteiger partial charge on any atom is -0.372 e. The molecule has 1 aliphatic carbocycles. The minimum atomic E-state index is -4.00. The largest absolute Gasteiger partial charge is 0.372 e. The zero-order valence-electron chi connectivity index (χ0n) is 12.3. The van der Waals surface area contributed by atoms with Crippen LogP contribution in [0.25, 0.3) is 0 Å². The number of carbonyl (C=O) groups is 1. The molecule has 1 saturated carbocycles. The molecule has 1 N–H and O–H groups in total. The van der Waals surface area contributed by atoms with Crippen molar-refractivity contribution >= 4 is 15.9 Å². The van der Waals surface area contributed by atoms with E-state index < -0.39 is 27.8 Å². The fourth-order valence-corrected chi connectivity index (χ4v) is 3.99. The fraction of sp³-hybridized carbons (Fsp3) is 0.533. The normalized spacial score (nSPS) is 21.0. The Bertz CT molecular complexity index is 723. The summed E-state index contributed by atoms with van der Waals surface area (Å²) in [7, 11) is -4.00. The lowest BCUT2D eigenvalue weighted by Crippen LogP contribution is -2.39. The number of carbonyl (C=O) groups excluding carboxylic acids is 1. The van der Waals surface area contributed by atoms with Crippen molar-refractivity contribution < 1.29 is 26.7 Å². The van der Waals surface area contributed by atoms with Crippen LogP contribution in [-0.4, -0.2) is 20.2 Å². The second kappa shape index (κ2) is 5.83. The van der Waals surface area contributed by atoms with Crippen molar-refractivity contribution in [2.45, 2.75) is 49.7 Å². The number of benzene rings is 1. The van der Waals surface area contributed by atoms with Gasteiger partial charge in [0.05, 0.1) is 18.1 Å². The molecule has 126 valence electrons. The molecule has 1 aromatic carbocycles. The maximum absolute atomic E-state index is 13.1.